The Morgan fingerprint density at radius 1 is 1.00 bits per heavy atom. The highest BCUT2D eigenvalue weighted by atomic mass is 16.5. The highest BCUT2D eigenvalue weighted by Gasteiger charge is 2.17. The summed E-state index contributed by atoms with van der Waals surface area (Å²) < 4.78 is 16.0. The van der Waals surface area contributed by atoms with E-state index in [1.807, 2.05) is 6.92 Å². The molecule has 2 amide bonds. The minimum absolute atomic E-state index is 0.198. The highest BCUT2D eigenvalue weighted by Crippen LogP contribution is 2.39. The number of urea groups is 1. The Morgan fingerprint density at radius 3 is 2.04 bits per heavy atom. The smallest absolute Gasteiger partial charge is 0.335 e. The lowest BCUT2D eigenvalue weighted by molar-refractivity contribution is 0.0697. The van der Waals surface area contributed by atoms with Gasteiger partial charge in [0.2, 0.25) is 5.75 Å². The summed E-state index contributed by atoms with van der Waals surface area (Å²) in [7, 11) is 4.58. The van der Waals surface area contributed by atoms with Crippen LogP contribution in [0.3, 0.4) is 0 Å². The molecule has 8 heteroatoms. The fraction of sp³-hybridized carbons (Fsp3) is 0.300. The molecule has 0 spiro atoms. The number of carboxylic acid groups (broad SMARTS) is 1. The number of hydrogen-bond acceptors (Lipinski definition) is 5. The summed E-state index contributed by atoms with van der Waals surface area (Å²) in [5, 5.41) is 14.5. The molecule has 0 bridgehead atoms. The van der Waals surface area contributed by atoms with Gasteiger partial charge in [-0.3, -0.25) is 0 Å². The molecule has 28 heavy (non-hydrogen) atoms. The van der Waals surface area contributed by atoms with E-state index < -0.39 is 5.97 Å². The molecule has 2 rings (SSSR count). The second-order valence-electron chi connectivity index (χ2n) is 6.01. The summed E-state index contributed by atoms with van der Waals surface area (Å²) in [6.07, 6.45) is 0. The lowest BCUT2D eigenvalue weighted by Crippen LogP contribution is -2.36. The average Bonchev–Trinajstić information content (AvgIpc) is 2.71. The van der Waals surface area contributed by atoms with Crippen molar-refractivity contribution in [2.45, 2.75) is 19.5 Å². The van der Waals surface area contributed by atoms with E-state index in [-0.39, 0.29) is 24.2 Å². The first-order chi connectivity index (χ1) is 13.4. The van der Waals surface area contributed by atoms with Gasteiger partial charge in [0.1, 0.15) is 0 Å². The first-order valence-electron chi connectivity index (χ1n) is 8.56. The van der Waals surface area contributed by atoms with Gasteiger partial charge < -0.3 is 30.0 Å². The number of rotatable bonds is 8. The largest absolute Gasteiger partial charge is 0.493 e. The van der Waals surface area contributed by atoms with Gasteiger partial charge in [-0.25, -0.2) is 9.59 Å². The van der Waals surface area contributed by atoms with Crippen LogP contribution in [0.5, 0.6) is 17.2 Å². The summed E-state index contributed by atoms with van der Waals surface area (Å²) in [4.78, 5) is 23.1. The minimum Gasteiger partial charge on any atom is -0.493 e. The molecule has 2 aromatic carbocycles. The number of ether oxygens (including phenoxy) is 3. The van der Waals surface area contributed by atoms with Crippen molar-refractivity contribution in [3.8, 4) is 17.2 Å². The summed E-state index contributed by atoms with van der Waals surface area (Å²) >= 11 is 0. The zero-order chi connectivity index (χ0) is 20.7. The third-order valence-corrected chi connectivity index (χ3v) is 4.19. The SMILES string of the molecule is COc1cc(C(C)NC(=O)NCc2ccc(C(=O)O)cc2)cc(OC)c1OC. The van der Waals surface area contributed by atoms with Crippen molar-refractivity contribution in [2.75, 3.05) is 21.3 Å². The Kier molecular flexibility index (Phi) is 7.08. The van der Waals surface area contributed by atoms with E-state index in [1.165, 1.54) is 33.5 Å². The maximum atomic E-state index is 12.2. The van der Waals surface area contributed by atoms with Gasteiger partial charge in [0, 0.05) is 6.54 Å². The van der Waals surface area contributed by atoms with Crippen LogP contribution in [-0.2, 0) is 6.54 Å². The number of carbonyl (C=O) groups excluding carboxylic acids is 1. The fourth-order valence-electron chi connectivity index (χ4n) is 2.63. The van der Waals surface area contributed by atoms with Crippen LogP contribution in [0.2, 0.25) is 0 Å². The molecule has 2 aromatic rings. The van der Waals surface area contributed by atoms with Gasteiger partial charge in [0.05, 0.1) is 32.9 Å². The molecule has 0 aliphatic heterocycles. The molecule has 1 atom stereocenters. The molecule has 0 radical (unpaired) electrons. The van der Waals surface area contributed by atoms with Crippen LogP contribution < -0.4 is 24.8 Å². The molecule has 150 valence electrons. The quantitative estimate of drug-likeness (QED) is 0.642. The summed E-state index contributed by atoms with van der Waals surface area (Å²) in [5.74, 6) is 0.500. The number of hydrogen-bond donors (Lipinski definition) is 3. The van der Waals surface area contributed by atoms with E-state index in [0.29, 0.717) is 17.2 Å². The minimum atomic E-state index is -0.989. The van der Waals surface area contributed by atoms with Crippen molar-refractivity contribution < 1.29 is 28.9 Å². The Balaban J connectivity index is 2.00. The third kappa shape index (κ3) is 5.06. The van der Waals surface area contributed by atoms with Crippen LogP contribution >= 0.6 is 0 Å². The number of aromatic carboxylic acids is 1. The molecule has 1 unspecified atom stereocenters. The molecule has 3 N–H and O–H groups in total. The van der Waals surface area contributed by atoms with Gasteiger partial charge in [-0.1, -0.05) is 12.1 Å². The number of carbonyl (C=O) groups is 2. The number of benzene rings is 2. The van der Waals surface area contributed by atoms with E-state index >= 15 is 0 Å². The summed E-state index contributed by atoms with van der Waals surface area (Å²) in [6.45, 7) is 2.11. The normalized spacial score (nSPS) is 11.3. The second kappa shape index (κ2) is 9.50. The van der Waals surface area contributed by atoms with Gasteiger partial charge >= 0.3 is 12.0 Å². The van der Waals surface area contributed by atoms with Crippen LogP contribution in [0.15, 0.2) is 36.4 Å². The number of methoxy groups -OCH3 is 3. The van der Waals surface area contributed by atoms with Gasteiger partial charge in [0.25, 0.3) is 0 Å². The maximum Gasteiger partial charge on any atom is 0.335 e. The van der Waals surface area contributed by atoms with Crippen molar-refractivity contribution in [3.05, 3.63) is 53.1 Å². The predicted octanol–water partition coefficient (Wildman–Crippen LogP) is 2.97. The fourth-order valence-corrected chi connectivity index (χ4v) is 2.63. The van der Waals surface area contributed by atoms with Gasteiger partial charge in [0.15, 0.2) is 11.5 Å². The zero-order valence-corrected chi connectivity index (χ0v) is 16.2. The van der Waals surface area contributed by atoms with Gasteiger partial charge in [-0.2, -0.15) is 0 Å². The van der Waals surface area contributed by atoms with Gasteiger partial charge in [-0.15, -0.1) is 0 Å². The molecule has 0 saturated carbocycles. The van der Waals surface area contributed by atoms with Crippen molar-refractivity contribution in [2.24, 2.45) is 0 Å². The van der Waals surface area contributed by atoms with Gasteiger partial charge in [-0.05, 0) is 42.3 Å². The molecule has 0 aromatic heterocycles. The van der Waals surface area contributed by atoms with Crippen molar-refractivity contribution >= 4 is 12.0 Å². The first-order valence-corrected chi connectivity index (χ1v) is 8.56. The molecule has 0 saturated heterocycles. The van der Waals surface area contributed by atoms with Crippen LogP contribution in [-0.4, -0.2) is 38.4 Å². The Labute approximate surface area is 163 Å². The first kappa shape index (κ1) is 20.9. The molecule has 0 aliphatic rings. The van der Waals surface area contributed by atoms with E-state index in [9.17, 15) is 9.59 Å². The molecule has 0 heterocycles. The van der Waals surface area contributed by atoms with Crippen LogP contribution in [0.25, 0.3) is 0 Å². The van der Waals surface area contributed by atoms with Crippen LogP contribution in [0, 0.1) is 0 Å². The Morgan fingerprint density at radius 2 is 1.57 bits per heavy atom. The van der Waals surface area contributed by atoms with E-state index in [1.54, 1.807) is 24.3 Å². The lowest BCUT2D eigenvalue weighted by atomic mass is 10.1. The van der Waals surface area contributed by atoms with E-state index in [2.05, 4.69) is 10.6 Å². The van der Waals surface area contributed by atoms with Crippen molar-refractivity contribution in [1.82, 2.24) is 10.6 Å². The molecule has 0 aliphatic carbocycles. The highest BCUT2D eigenvalue weighted by molar-refractivity contribution is 5.87. The van der Waals surface area contributed by atoms with Crippen molar-refractivity contribution in [1.29, 1.82) is 0 Å². The Bertz CT molecular complexity index is 810. The standard InChI is InChI=1S/C20H24N2O6/c1-12(15-9-16(26-2)18(28-4)17(10-15)27-3)22-20(25)21-11-13-5-7-14(8-6-13)19(23)24/h5-10,12H,11H2,1-4H3,(H,23,24)(H2,21,22,25). The summed E-state index contributed by atoms with van der Waals surface area (Å²) in [6, 6.07) is 9.18. The molecule has 8 nitrogen and oxygen atoms in total. The van der Waals surface area contributed by atoms with Crippen LogP contribution in [0.1, 0.15) is 34.5 Å². The average molecular weight is 388 g/mol. The van der Waals surface area contributed by atoms with Crippen molar-refractivity contribution in [3.63, 3.8) is 0 Å². The number of carboxylic acids is 1. The van der Waals surface area contributed by atoms with E-state index in [0.717, 1.165) is 11.1 Å². The number of nitrogens with one attached hydrogen (secondary N) is 2. The maximum absolute atomic E-state index is 12.2. The predicted molar refractivity (Wildman–Crippen MR) is 103 cm³/mol. The Hall–Kier alpha value is -3.42. The monoisotopic (exact) mass is 388 g/mol. The molecular weight excluding hydrogens is 364 g/mol. The third-order valence-electron chi connectivity index (χ3n) is 4.19. The zero-order valence-electron chi connectivity index (χ0n) is 16.2. The summed E-state index contributed by atoms with van der Waals surface area (Å²) in [5.41, 5.74) is 1.78. The van der Waals surface area contributed by atoms with Crippen LogP contribution in [0.4, 0.5) is 4.79 Å². The molecular formula is C20H24N2O6. The number of amides is 2. The second-order valence-corrected chi connectivity index (χ2v) is 6.01. The lowest BCUT2D eigenvalue weighted by Gasteiger charge is -2.19. The molecule has 0 fully saturated rings. The van der Waals surface area contributed by atoms with E-state index in [4.69, 9.17) is 19.3 Å². The topological polar surface area (TPSA) is 106 Å².